The van der Waals surface area contributed by atoms with E-state index < -0.39 is 11.9 Å². The summed E-state index contributed by atoms with van der Waals surface area (Å²) < 4.78 is 4.55. The zero-order valence-electron chi connectivity index (χ0n) is 10.0. The molecule has 6 heteroatoms. The Labute approximate surface area is 110 Å². The van der Waals surface area contributed by atoms with Gasteiger partial charge in [-0.25, -0.2) is 4.79 Å². The molecule has 1 aromatic rings. The summed E-state index contributed by atoms with van der Waals surface area (Å²) in [5, 5.41) is 6.18. The van der Waals surface area contributed by atoms with Crippen molar-refractivity contribution < 1.29 is 14.3 Å². The number of carbonyl (C=O) groups is 2. The molecule has 0 atom stereocenters. The van der Waals surface area contributed by atoms with Crippen molar-refractivity contribution in [2.24, 2.45) is 0 Å². The van der Waals surface area contributed by atoms with Gasteiger partial charge in [0.25, 0.3) is 0 Å². The fraction of sp³-hybridized carbons (Fsp3) is 0.333. The van der Waals surface area contributed by atoms with Crippen LogP contribution in [0.25, 0.3) is 0 Å². The zero-order chi connectivity index (χ0) is 13.4. The molecule has 0 saturated carbocycles. The van der Waals surface area contributed by atoms with E-state index in [1.165, 1.54) is 0 Å². The lowest BCUT2D eigenvalue weighted by atomic mass is 10.3. The minimum absolute atomic E-state index is 0.190. The van der Waals surface area contributed by atoms with Crippen LogP contribution < -0.4 is 10.6 Å². The van der Waals surface area contributed by atoms with Crippen LogP contribution in [0.15, 0.2) is 24.3 Å². The highest BCUT2D eigenvalue weighted by molar-refractivity contribution is 6.32. The van der Waals surface area contributed by atoms with E-state index in [9.17, 15) is 9.59 Å². The van der Waals surface area contributed by atoms with Crippen LogP contribution in [0, 0.1) is 0 Å². The number of amides is 1. The topological polar surface area (TPSA) is 67.4 Å². The lowest BCUT2D eigenvalue weighted by Gasteiger charge is -2.07. The molecule has 0 fully saturated rings. The van der Waals surface area contributed by atoms with Gasteiger partial charge < -0.3 is 15.4 Å². The first-order chi connectivity index (χ1) is 8.63. The second-order valence-corrected chi connectivity index (χ2v) is 3.85. The molecule has 98 valence electrons. The Morgan fingerprint density at radius 2 is 1.89 bits per heavy atom. The number of halogens is 1. The summed E-state index contributed by atoms with van der Waals surface area (Å²) in [6.45, 7) is 2.68. The van der Waals surface area contributed by atoms with Gasteiger partial charge in [-0.05, 0) is 31.2 Å². The van der Waals surface area contributed by atoms with E-state index in [0.717, 1.165) is 5.69 Å². The Bertz CT molecular complexity index is 406. The minimum Gasteiger partial charge on any atom is -0.459 e. The van der Waals surface area contributed by atoms with E-state index >= 15 is 0 Å². The van der Waals surface area contributed by atoms with E-state index in [0.29, 0.717) is 18.1 Å². The lowest BCUT2D eigenvalue weighted by molar-refractivity contribution is -0.154. The maximum atomic E-state index is 11.2. The monoisotopic (exact) mass is 270 g/mol. The van der Waals surface area contributed by atoms with Crippen molar-refractivity contribution in [1.82, 2.24) is 5.32 Å². The average molecular weight is 271 g/mol. The molecule has 0 aromatic heterocycles. The number of hydrogen-bond donors (Lipinski definition) is 2. The van der Waals surface area contributed by atoms with Gasteiger partial charge in [0.05, 0.1) is 6.61 Å². The van der Waals surface area contributed by atoms with Gasteiger partial charge in [-0.1, -0.05) is 11.6 Å². The van der Waals surface area contributed by atoms with Crippen LogP contribution in [-0.2, 0) is 14.3 Å². The van der Waals surface area contributed by atoms with E-state index in [-0.39, 0.29) is 6.61 Å². The summed E-state index contributed by atoms with van der Waals surface area (Å²) in [5.74, 6) is -1.58. The first kappa shape index (κ1) is 14.3. The van der Waals surface area contributed by atoms with Crippen molar-refractivity contribution in [1.29, 1.82) is 0 Å². The van der Waals surface area contributed by atoms with Crippen molar-refractivity contribution in [3.63, 3.8) is 0 Å². The van der Waals surface area contributed by atoms with Gasteiger partial charge in [0.2, 0.25) is 0 Å². The number of esters is 1. The van der Waals surface area contributed by atoms with Crippen molar-refractivity contribution in [3.05, 3.63) is 29.3 Å². The molecule has 1 amide bonds. The summed E-state index contributed by atoms with van der Waals surface area (Å²) >= 11 is 5.74. The quantitative estimate of drug-likeness (QED) is 0.483. The molecule has 0 aliphatic heterocycles. The maximum absolute atomic E-state index is 11.2. The molecule has 0 spiro atoms. The maximum Gasteiger partial charge on any atom is 0.396 e. The van der Waals surface area contributed by atoms with E-state index in [2.05, 4.69) is 15.4 Å². The first-order valence-corrected chi connectivity index (χ1v) is 5.95. The van der Waals surface area contributed by atoms with Crippen LogP contribution in [0.2, 0.25) is 5.02 Å². The SMILES string of the molecule is CCOC(=O)C(=O)NCCNc1ccc(Cl)cc1. The van der Waals surface area contributed by atoms with Crippen LogP contribution in [0.4, 0.5) is 5.69 Å². The number of carbonyl (C=O) groups excluding carboxylic acids is 2. The summed E-state index contributed by atoms with van der Waals surface area (Å²) in [4.78, 5) is 22.1. The molecule has 0 aliphatic rings. The van der Waals surface area contributed by atoms with E-state index in [1.807, 2.05) is 12.1 Å². The zero-order valence-corrected chi connectivity index (χ0v) is 10.8. The molecule has 0 radical (unpaired) electrons. The van der Waals surface area contributed by atoms with E-state index in [4.69, 9.17) is 11.6 Å². The molecule has 5 nitrogen and oxygen atoms in total. The van der Waals surface area contributed by atoms with Crippen LogP contribution in [0.1, 0.15) is 6.92 Å². The standard InChI is InChI=1S/C12H15ClN2O3/c1-2-18-12(17)11(16)15-8-7-14-10-5-3-9(13)4-6-10/h3-6,14H,2,7-8H2,1H3,(H,15,16). The van der Waals surface area contributed by atoms with Gasteiger partial charge in [0.1, 0.15) is 0 Å². The normalized spacial score (nSPS) is 9.67. The van der Waals surface area contributed by atoms with E-state index in [1.54, 1.807) is 19.1 Å². The van der Waals surface area contributed by atoms with Crippen molar-refractivity contribution in [2.45, 2.75) is 6.92 Å². The molecule has 2 N–H and O–H groups in total. The van der Waals surface area contributed by atoms with Gasteiger partial charge in [0, 0.05) is 23.8 Å². The number of rotatable bonds is 5. The van der Waals surface area contributed by atoms with Gasteiger partial charge >= 0.3 is 11.9 Å². The Kier molecular flexibility index (Phi) is 6.00. The van der Waals surface area contributed by atoms with Gasteiger partial charge in [-0.15, -0.1) is 0 Å². The highest BCUT2D eigenvalue weighted by Crippen LogP contribution is 2.12. The van der Waals surface area contributed by atoms with Crippen LogP contribution in [-0.4, -0.2) is 31.6 Å². The largest absolute Gasteiger partial charge is 0.459 e. The molecule has 0 aliphatic carbocycles. The summed E-state index contributed by atoms with van der Waals surface area (Å²) in [6.07, 6.45) is 0. The number of benzene rings is 1. The molecule has 0 unspecified atom stereocenters. The molecule has 0 bridgehead atoms. The fourth-order valence-electron chi connectivity index (χ4n) is 1.22. The molecular formula is C12H15ClN2O3. The Balaban J connectivity index is 2.20. The van der Waals surface area contributed by atoms with Crippen LogP contribution in [0.5, 0.6) is 0 Å². The Morgan fingerprint density at radius 1 is 1.22 bits per heavy atom. The minimum atomic E-state index is -0.857. The highest BCUT2D eigenvalue weighted by atomic mass is 35.5. The van der Waals surface area contributed by atoms with Gasteiger partial charge in [-0.2, -0.15) is 0 Å². The van der Waals surface area contributed by atoms with Crippen molar-refractivity contribution in [3.8, 4) is 0 Å². The molecule has 1 aromatic carbocycles. The number of hydrogen-bond acceptors (Lipinski definition) is 4. The Morgan fingerprint density at radius 3 is 2.50 bits per heavy atom. The third kappa shape index (κ3) is 5.05. The fourth-order valence-corrected chi connectivity index (χ4v) is 1.35. The highest BCUT2D eigenvalue weighted by Gasteiger charge is 2.12. The van der Waals surface area contributed by atoms with Crippen LogP contribution >= 0.6 is 11.6 Å². The summed E-state index contributed by atoms with van der Waals surface area (Å²) in [5.41, 5.74) is 0.893. The third-order valence-electron chi connectivity index (χ3n) is 2.04. The molecule has 0 saturated heterocycles. The summed E-state index contributed by atoms with van der Waals surface area (Å²) in [6, 6.07) is 7.19. The van der Waals surface area contributed by atoms with Crippen LogP contribution in [0.3, 0.4) is 0 Å². The van der Waals surface area contributed by atoms with Crippen molar-refractivity contribution in [2.75, 3.05) is 25.0 Å². The molecular weight excluding hydrogens is 256 g/mol. The summed E-state index contributed by atoms with van der Waals surface area (Å²) in [7, 11) is 0. The molecule has 1 rings (SSSR count). The smallest absolute Gasteiger partial charge is 0.396 e. The molecule has 0 heterocycles. The predicted molar refractivity (Wildman–Crippen MR) is 69.6 cm³/mol. The number of nitrogens with one attached hydrogen (secondary N) is 2. The predicted octanol–water partition coefficient (Wildman–Crippen LogP) is 1.43. The number of anilines is 1. The number of ether oxygens (including phenoxy) is 1. The first-order valence-electron chi connectivity index (χ1n) is 5.58. The second-order valence-electron chi connectivity index (χ2n) is 3.41. The third-order valence-corrected chi connectivity index (χ3v) is 2.30. The molecule has 18 heavy (non-hydrogen) atoms. The van der Waals surface area contributed by atoms with Crippen molar-refractivity contribution >= 4 is 29.2 Å². The average Bonchev–Trinajstić information content (AvgIpc) is 2.36. The van der Waals surface area contributed by atoms with Gasteiger partial charge in [0.15, 0.2) is 0 Å². The van der Waals surface area contributed by atoms with Gasteiger partial charge in [-0.3, -0.25) is 4.79 Å². The Hall–Kier alpha value is -1.75. The second kappa shape index (κ2) is 7.55. The lowest BCUT2D eigenvalue weighted by Crippen LogP contribution is -2.35.